The number of primary amides is 1. The molecule has 0 spiro atoms. The normalized spacial score (nSPS) is 23.0. The van der Waals surface area contributed by atoms with Crippen LogP contribution in [0, 0.1) is 5.92 Å². The number of benzene rings is 6. The molecule has 17 N–H and O–H groups in total. The van der Waals surface area contributed by atoms with Gasteiger partial charge < -0.3 is 104 Å². The number of nitrogens with two attached hydrogens (primary N) is 1. The zero-order valence-electron chi connectivity index (χ0n) is 78.2. The number of aldehydes is 1. The maximum absolute atomic E-state index is 15.3. The predicted molar refractivity (Wildman–Crippen MR) is 508 cm³/mol. The third-order valence-corrected chi connectivity index (χ3v) is 25.3. The number of carbonyl (C=O) groups is 19. The Labute approximate surface area is 803 Å². The first kappa shape index (κ1) is 107. The number of likely N-dealkylation sites (N-methyl/N-ethyl adjacent to an activating group) is 2. The van der Waals surface area contributed by atoms with Gasteiger partial charge >= 0.3 is 5.97 Å². The molecule has 17 amide bonds. The number of aliphatic hydroxyl groups is 2. The van der Waals surface area contributed by atoms with Gasteiger partial charge in [0.2, 0.25) is 94.5 Å². The van der Waals surface area contributed by atoms with Crippen molar-refractivity contribution in [1.29, 1.82) is 0 Å². The number of amides is 17. The number of hydrogen-bond acceptors (Lipinski definition) is 22. The number of nitrogens with one attached hydrogen (secondary N) is 12. The maximum atomic E-state index is 15.3. The average molecular weight is 1920 g/mol. The highest BCUT2D eigenvalue weighted by Crippen LogP contribution is 2.27. The van der Waals surface area contributed by atoms with Crippen molar-refractivity contribution < 1.29 is 106 Å². The Balaban J connectivity index is 1.01. The number of rotatable bonds is 26. The van der Waals surface area contributed by atoms with Gasteiger partial charge in [-0.3, -0.25) is 91.1 Å². The fourth-order valence-corrected chi connectivity index (χ4v) is 16.9. The molecule has 0 aliphatic carbocycles. The third kappa shape index (κ3) is 31.1. The van der Waals surface area contributed by atoms with Crippen LogP contribution in [-0.2, 0) is 101 Å². The Hall–Kier alpha value is -14.3. The van der Waals surface area contributed by atoms with Crippen LogP contribution in [0.2, 0.25) is 0 Å². The number of fused-ring (bicyclic) bond motifs is 2. The monoisotopic (exact) mass is 1920 g/mol. The van der Waals surface area contributed by atoms with E-state index in [-0.39, 0.29) is 77.4 Å². The van der Waals surface area contributed by atoms with Crippen molar-refractivity contribution in [3.63, 3.8) is 0 Å². The van der Waals surface area contributed by atoms with Crippen molar-refractivity contribution in [3.8, 4) is 22.3 Å². The van der Waals surface area contributed by atoms with Gasteiger partial charge in [-0.25, -0.2) is 0 Å². The minimum atomic E-state index is -1.94. The van der Waals surface area contributed by atoms with Crippen molar-refractivity contribution in [2.45, 2.75) is 209 Å². The van der Waals surface area contributed by atoms with Gasteiger partial charge in [0.05, 0.1) is 31.1 Å². The van der Waals surface area contributed by atoms with Crippen LogP contribution in [-0.4, -0.2) is 297 Å². The van der Waals surface area contributed by atoms with E-state index in [4.69, 9.17) is 5.73 Å². The summed E-state index contributed by atoms with van der Waals surface area (Å²) in [4.78, 5) is 273. The highest BCUT2D eigenvalue weighted by atomic mass is 32.2. The molecule has 3 saturated heterocycles. The van der Waals surface area contributed by atoms with E-state index < -0.39 is 240 Å². The van der Waals surface area contributed by atoms with Crippen molar-refractivity contribution in [3.05, 3.63) is 192 Å². The van der Waals surface area contributed by atoms with E-state index in [0.717, 1.165) is 62.6 Å². The molecule has 0 aromatic heterocycles. The second-order valence-corrected chi connectivity index (χ2v) is 35.9. The summed E-state index contributed by atoms with van der Waals surface area (Å²) < 4.78 is 0. The number of aliphatic hydroxyl groups excluding tert-OH is 2. The van der Waals surface area contributed by atoms with Gasteiger partial charge in [0.25, 0.3) is 5.91 Å². The fourth-order valence-electron chi connectivity index (χ4n) is 16.0. The van der Waals surface area contributed by atoms with Crippen molar-refractivity contribution in [2.24, 2.45) is 11.7 Å². The van der Waals surface area contributed by atoms with Crippen LogP contribution in [0.15, 0.2) is 164 Å². The molecule has 39 nitrogen and oxygen atoms in total. The molecule has 0 radical (unpaired) electrons. The number of nitrogens with zero attached hydrogens (tertiary/aromatic N) is 4. The molecular formula is C98H123N17O22S. The number of aliphatic carboxylic acids is 1. The van der Waals surface area contributed by atoms with Crippen LogP contribution < -0.4 is 69.5 Å². The first-order valence-electron chi connectivity index (χ1n) is 45.8. The summed E-state index contributed by atoms with van der Waals surface area (Å²) in [6.07, 6.45) is -3.81. The number of carbonyl (C=O) groups excluding carboxylic acids is 18. The summed E-state index contributed by atoms with van der Waals surface area (Å²) in [7, 11) is 2.49. The topological polar surface area (TPSA) is 568 Å². The summed E-state index contributed by atoms with van der Waals surface area (Å²) in [6.45, 7) is 6.54. The first-order valence-corrected chi connectivity index (χ1v) is 47.0. The molecule has 0 unspecified atom stereocenters. The predicted octanol–water partition coefficient (Wildman–Crippen LogP) is 0.247. The second kappa shape index (κ2) is 52.2. The molecule has 15 atom stereocenters. The second-order valence-electron chi connectivity index (χ2n) is 34.9. The SMILES string of the molecule is CC(C)[C@@H]1NC(=O)[C@H](Cc2ccccc2)NC(=O)CSC[C@@H](C(=O)NCC(=O)N[C@@H](CCCCNC(=O)c2ccc(C=O)cc2)C(N)=O)NC(=O)[C@@H]2CCCN2C(=O)CNC(=O)[C@H](CCC(=O)O)NC(=O)[C@H](C)N(C)C(=O)[C@H](Cc2ccc(-c3ccccc3)cc2)NC(=O)[C@H](C)N(C)C(=O)[C@H](Cc2ccc(-c3ccccc3)cc2)NC(=O)[C@H]([C@@H](C)O)NC(=O)[C@H]([C@@H](C)O)NC(=O)[C@@H]2CCCN2C1=O. The lowest BCUT2D eigenvalue weighted by Gasteiger charge is -2.33. The van der Waals surface area contributed by atoms with Crippen LogP contribution in [0.3, 0.4) is 0 Å². The van der Waals surface area contributed by atoms with Crippen LogP contribution in [0.5, 0.6) is 0 Å². The highest BCUT2D eigenvalue weighted by molar-refractivity contribution is 8.00. The third-order valence-electron chi connectivity index (χ3n) is 24.3. The van der Waals surface area contributed by atoms with Crippen LogP contribution in [0.25, 0.3) is 22.3 Å². The zero-order chi connectivity index (χ0) is 101. The number of carboxylic acid groups (broad SMARTS) is 1. The number of thioether (sulfide) groups is 1. The molecule has 6 aromatic carbocycles. The molecule has 3 aliphatic heterocycles. The van der Waals surface area contributed by atoms with Gasteiger partial charge in [0.1, 0.15) is 84.8 Å². The highest BCUT2D eigenvalue weighted by Gasteiger charge is 2.45. The molecule has 6 aromatic rings. The molecular weight excluding hydrogens is 1800 g/mol. The summed E-state index contributed by atoms with van der Waals surface area (Å²) in [5.41, 5.74) is 11.2. The Morgan fingerprint density at radius 2 is 0.964 bits per heavy atom. The van der Waals surface area contributed by atoms with Crippen molar-refractivity contribution in [2.75, 3.05) is 58.3 Å². The van der Waals surface area contributed by atoms with E-state index in [9.17, 15) is 87.2 Å². The molecule has 0 bridgehead atoms. The molecule has 40 heteroatoms. The van der Waals surface area contributed by atoms with Crippen molar-refractivity contribution in [1.82, 2.24) is 83.4 Å². The maximum Gasteiger partial charge on any atom is 0.303 e. The van der Waals surface area contributed by atoms with E-state index >= 15 is 19.2 Å². The summed E-state index contributed by atoms with van der Waals surface area (Å²) in [5.74, 6) is -18.7. The number of unbranched alkanes of at least 4 members (excludes halogenated alkanes) is 1. The smallest absolute Gasteiger partial charge is 0.303 e. The lowest BCUT2D eigenvalue weighted by molar-refractivity contribution is -0.145. The van der Waals surface area contributed by atoms with Gasteiger partial charge in [-0.05, 0) is 136 Å². The minimum absolute atomic E-state index is 0.00334. The van der Waals surface area contributed by atoms with Crippen LogP contribution in [0.4, 0.5) is 0 Å². The summed E-state index contributed by atoms with van der Waals surface area (Å²) in [5, 5.41) is 63.6. The van der Waals surface area contributed by atoms with E-state index in [1.807, 2.05) is 60.7 Å². The van der Waals surface area contributed by atoms with E-state index in [1.54, 1.807) is 92.7 Å². The first-order chi connectivity index (χ1) is 65.8. The molecule has 9 rings (SSSR count). The van der Waals surface area contributed by atoms with Gasteiger partial charge in [-0.15, -0.1) is 11.8 Å². The minimum Gasteiger partial charge on any atom is -0.481 e. The van der Waals surface area contributed by atoms with Gasteiger partial charge in [-0.2, -0.15) is 0 Å². The molecule has 138 heavy (non-hydrogen) atoms. The quantitative estimate of drug-likeness (QED) is 0.0256. The average Bonchev–Trinajstić information content (AvgIpc) is 1.69. The van der Waals surface area contributed by atoms with Crippen molar-refractivity contribution >= 4 is 124 Å². The Morgan fingerprint density at radius 1 is 0.500 bits per heavy atom. The summed E-state index contributed by atoms with van der Waals surface area (Å²) >= 11 is 0.775. The lowest BCUT2D eigenvalue weighted by Crippen LogP contribution is -2.63. The summed E-state index contributed by atoms with van der Waals surface area (Å²) in [6, 6.07) is 26.8. The zero-order valence-corrected chi connectivity index (χ0v) is 79.0. The number of hydrogen-bond donors (Lipinski definition) is 16. The molecule has 3 heterocycles. The van der Waals surface area contributed by atoms with E-state index in [1.165, 1.54) is 57.1 Å². The Bertz CT molecular complexity index is 5310. The standard InChI is InChI=1S/C98H123N17O22S/c1-56(2)82-98(137)115-47-21-30-77(115)93(132)110-84(60(6)118)95(134)111-83(59(5)117)94(133)107-74(50-63-33-39-68(40-34-63)66-26-16-11-17-27-66)97(136)113(8)58(4)87(126)106-73(49-62-31-37-67(38-32-62)65-24-14-10-15-25-65)96(135)112(7)57(3)86(125)105-71(43-44-81(122)123)89(128)102-52-80(121)114-46-20-29-76(114)92(131)108-75(54-138-55-79(120)104-72(91(130)109-82)48-61-22-12-9-13-23-61)90(129)101-51-78(119)103-70(85(99)124)28-18-19-45-100-88(127)69-41-35-64(53-116)36-42-69/h9-17,22-27,31-42,53,56-60,70-77,82-84,117-118H,18-21,28-30,43-52,54-55H2,1-8H3,(H2,99,124)(H,100,127)(H,101,129)(H,102,128)(H,103,119)(H,104,120)(H,105,125)(H,106,126)(H,107,133)(H,108,131)(H,109,130)(H,110,132)(H,111,134)(H,122,123)/t57-,58-,59+,60+,70-,71-,72-,73-,74-,75-,76-,77-,82-,83-,84-/m0/s1. The van der Waals surface area contributed by atoms with Crippen LogP contribution in [0.1, 0.15) is 137 Å². The van der Waals surface area contributed by atoms with Gasteiger partial charge in [0.15, 0.2) is 0 Å². The lowest BCUT2D eigenvalue weighted by atomic mass is 9.99. The van der Waals surface area contributed by atoms with Crippen LogP contribution >= 0.6 is 11.8 Å². The van der Waals surface area contributed by atoms with Gasteiger partial charge in [0, 0.05) is 76.3 Å². The van der Waals surface area contributed by atoms with E-state index in [2.05, 4.69) is 63.8 Å². The molecule has 0 saturated carbocycles. The van der Waals surface area contributed by atoms with E-state index in [0.29, 0.717) is 40.5 Å². The molecule has 3 fully saturated rings. The number of carboxylic acids is 1. The Kier molecular flexibility index (Phi) is 40.6. The molecule has 738 valence electrons. The Morgan fingerprint density at radius 3 is 1.48 bits per heavy atom. The molecule has 3 aliphatic rings. The largest absolute Gasteiger partial charge is 0.481 e. The fraction of sp³-hybridized carbons (Fsp3) is 0.439. The van der Waals surface area contributed by atoms with Gasteiger partial charge in [-0.1, -0.05) is 166 Å².